The summed E-state index contributed by atoms with van der Waals surface area (Å²) in [6.07, 6.45) is 4.96. The van der Waals surface area contributed by atoms with Gasteiger partial charge in [0.15, 0.2) is 0 Å². The van der Waals surface area contributed by atoms with Gasteiger partial charge in [-0.25, -0.2) is 12.7 Å². The van der Waals surface area contributed by atoms with Crippen LogP contribution in [0.5, 0.6) is 0 Å². The number of anilines is 1. The molecule has 0 spiro atoms. The van der Waals surface area contributed by atoms with Gasteiger partial charge >= 0.3 is 0 Å². The zero-order valence-corrected chi connectivity index (χ0v) is 14.2. The summed E-state index contributed by atoms with van der Waals surface area (Å²) in [5.74, 6) is 0. The zero-order chi connectivity index (χ0) is 15.7. The standard InChI is InChI=1S/C16H26N2O2S/c1-16(2)12-6-5-7-15(16)17-13-8-10-14(11-9-13)21(19,20)18(3)4/h8-11,15,17H,5-7,12H2,1-4H3. The van der Waals surface area contributed by atoms with E-state index in [-0.39, 0.29) is 5.41 Å². The fourth-order valence-electron chi connectivity index (χ4n) is 2.90. The molecule has 0 bridgehead atoms. The van der Waals surface area contributed by atoms with Crippen LogP contribution in [-0.4, -0.2) is 32.9 Å². The number of nitrogens with one attached hydrogen (secondary N) is 1. The van der Waals surface area contributed by atoms with Gasteiger partial charge in [0.05, 0.1) is 4.90 Å². The highest BCUT2D eigenvalue weighted by atomic mass is 32.2. The van der Waals surface area contributed by atoms with Crippen LogP contribution in [0, 0.1) is 5.41 Å². The van der Waals surface area contributed by atoms with Crippen LogP contribution < -0.4 is 5.32 Å². The highest BCUT2D eigenvalue weighted by Crippen LogP contribution is 2.37. The minimum Gasteiger partial charge on any atom is -0.382 e. The molecule has 21 heavy (non-hydrogen) atoms. The van der Waals surface area contributed by atoms with E-state index >= 15 is 0 Å². The second-order valence-electron chi connectivity index (χ2n) is 6.74. The highest BCUT2D eigenvalue weighted by Gasteiger charge is 2.32. The van der Waals surface area contributed by atoms with Gasteiger partial charge in [-0.2, -0.15) is 0 Å². The van der Waals surface area contributed by atoms with Gasteiger partial charge in [0.2, 0.25) is 10.0 Å². The molecule has 0 aromatic heterocycles. The summed E-state index contributed by atoms with van der Waals surface area (Å²) >= 11 is 0. The first kappa shape index (κ1) is 16.3. The molecule has 1 atom stereocenters. The second-order valence-corrected chi connectivity index (χ2v) is 8.89. The Morgan fingerprint density at radius 3 is 2.29 bits per heavy atom. The van der Waals surface area contributed by atoms with Gasteiger partial charge in [-0.1, -0.05) is 26.7 Å². The van der Waals surface area contributed by atoms with Gasteiger partial charge in [0.25, 0.3) is 0 Å². The number of sulfonamides is 1. The summed E-state index contributed by atoms with van der Waals surface area (Å²) in [5.41, 5.74) is 1.28. The predicted molar refractivity (Wildman–Crippen MR) is 87.0 cm³/mol. The first-order valence-electron chi connectivity index (χ1n) is 7.52. The van der Waals surface area contributed by atoms with E-state index in [1.807, 2.05) is 12.1 Å². The second kappa shape index (κ2) is 5.97. The summed E-state index contributed by atoms with van der Waals surface area (Å²) in [7, 11) is -0.249. The van der Waals surface area contributed by atoms with Gasteiger partial charge in [-0.05, 0) is 42.5 Å². The molecule has 0 radical (unpaired) electrons. The molecule has 0 aliphatic heterocycles. The topological polar surface area (TPSA) is 49.4 Å². The molecule has 1 unspecified atom stereocenters. The van der Waals surface area contributed by atoms with E-state index in [9.17, 15) is 8.42 Å². The van der Waals surface area contributed by atoms with Gasteiger partial charge in [-0.15, -0.1) is 0 Å². The van der Waals surface area contributed by atoms with E-state index in [0.717, 1.165) is 5.69 Å². The molecule has 1 aliphatic rings. The summed E-state index contributed by atoms with van der Waals surface area (Å²) in [5, 5.41) is 3.57. The lowest BCUT2D eigenvalue weighted by molar-refractivity contribution is 0.217. The van der Waals surface area contributed by atoms with Crippen LogP contribution in [-0.2, 0) is 10.0 Å². The summed E-state index contributed by atoms with van der Waals surface area (Å²) in [6.45, 7) is 4.60. The van der Waals surface area contributed by atoms with Crippen molar-refractivity contribution in [2.75, 3.05) is 19.4 Å². The van der Waals surface area contributed by atoms with E-state index in [2.05, 4.69) is 19.2 Å². The lowest BCUT2D eigenvalue weighted by Gasteiger charge is -2.39. The molecule has 1 aromatic rings. The smallest absolute Gasteiger partial charge is 0.242 e. The molecule has 118 valence electrons. The van der Waals surface area contributed by atoms with Crippen LogP contribution in [0.4, 0.5) is 5.69 Å². The van der Waals surface area contributed by atoms with Crippen molar-refractivity contribution in [2.24, 2.45) is 5.41 Å². The average Bonchev–Trinajstić information content (AvgIpc) is 2.41. The summed E-state index contributed by atoms with van der Waals surface area (Å²) in [4.78, 5) is 0.334. The predicted octanol–water partition coefficient (Wildman–Crippen LogP) is 3.32. The first-order valence-corrected chi connectivity index (χ1v) is 8.97. The van der Waals surface area contributed by atoms with E-state index in [1.165, 1.54) is 30.0 Å². The fraction of sp³-hybridized carbons (Fsp3) is 0.625. The van der Waals surface area contributed by atoms with E-state index in [0.29, 0.717) is 10.9 Å². The molecule has 1 aliphatic carbocycles. The molecule has 0 heterocycles. The molecule has 1 N–H and O–H groups in total. The van der Waals surface area contributed by atoms with Crippen LogP contribution in [0.15, 0.2) is 29.2 Å². The quantitative estimate of drug-likeness (QED) is 0.928. The Bertz CT molecular complexity index is 577. The van der Waals surface area contributed by atoms with Gasteiger partial charge in [0.1, 0.15) is 0 Å². The van der Waals surface area contributed by atoms with Crippen molar-refractivity contribution in [3.63, 3.8) is 0 Å². The molecule has 5 heteroatoms. The van der Waals surface area contributed by atoms with Crippen LogP contribution in [0.1, 0.15) is 39.5 Å². The Kier molecular flexibility index (Phi) is 4.63. The van der Waals surface area contributed by atoms with Gasteiger partial charge in [-0.3, -0.25) is 0 Å². The van der Waals surface area contributed by atoms with Crippen LogP contribution >= 0.6 is 0 Å². The molecule has 1 saturated carbocycles. The molecule has 2 rings (SSSR count). The molecule has 0 saturated heterocycles. The fourth-order valence-corrected chi connectivity index (χ4v) is 3.80. The number of hydrogen-bond donors (Lipinski definition) is 1. The van der Waals surface area contributed by atoms with Crippen molar-refractivity contribution in [3.05, 3.63) is 24.3 Å². The number of benzene rings is 1. The van der Waals surface area contributed by atoms with Gasteiger partial charge < -0.3 is 5.32 Å². The Morgan fingerprint density at radius 2 is 1.76 bits per heavy atom. The average molecular weight is 310 g/mol. The maximum absolute atomic E-state index is 12.0. The third kappa shape index (κ3) is 3.58. The van der Waals surface area contributed by atoms with Crippen molar-refractivity contribution in [1.29, 1.82) is 0 Å². The number of rotatable bonds is 4. The Morgan fingerprint density at radius 1 is 1.14 bits per heavy atom. The largest absolute Gasteiger partial charge is 0.382 e. The Hall–Kier alpha value is -1.07. The first-order chi connectivity index (χ1) is 9.73. The molecule has 1 fully saturated rings. The highest BCUT2D eigenvalue weighted by molar-refractivity contribution is 7.89. The van der Waals surface area contributed by atoms with Crippen molar-refractivity contribution >= 4 is 15.7 Å². The number of hydrogen-bond acceptors (Lipinski definition) is 3. The van der Waals surface area contributed by atoms with Crippen LogP contribution in [0.25, 0.3) is 0 Å². The SMILES string of the molecule is CN(C)S(=O)(=O)c1ccc(NC2CCCCC2(C)C)cc1. The minimum atomic E-state index is -3.34. The maximum Gasteiger partial charge on any atom is 0.242 e. The van der Waals surface area contributed by atoms with Gasteiger partial charge in [0, 0.05) is 25.8 Å². The Labute approximate surface area is 128 Å². The summed E-state index contributed by atoms with van der Waals surface area (Å²) < 4.78 is 25.3. The third-order valence-electron chi connectivity index (χ3n) is 4.48. The lowest BCUT2D eigenvalue weighted by Crippen LogP contribution is -2.38. The number of nitrogens with zero attached hydrogens (tertiary/aromatic N) is 1. The summed E-state index contributed by atoms with van der Waals surface area (Å²) in [6, 6.07) is 7.52. The van der Waals surface area contributed by atoms with E-state index in [4.69, 9.17) is 0 Å². The maximum atomic E-state index is 12.0. The normalized spacial score (nSPS) is 22.2. The lowest BCUT2D eigenvalue weighted by atomic mass is 9.73. The zero-order valence-electron chi connectivity index (χ0n) is 13.4. The third-order valence-corrected chi connectivity index (χ3v) is 6.31. The monoisotopic (exact) mass is 310 g/mol. The molecule has 4 nitrogen and oxygen atoms in total. The van der Waals surface area contributed by atoms with Crippen molar-refractivity contribution in [2.45, 2.75) is 50.5 Å². The molecular formula is C16H26N2O2S. The van der Waals surface area contributed by atoms with Crippen LogP contribution in [0.3, 0.4) is 0 Å². The molecule has 0 amide bonds. The molecule has 1 aromatic carbocycles. The van der Waals surface area contributed by atoms with E-state index in [1.54, 1.807) is 26.2 Å². The van der Waals surface area contributed by atoms with Crippen molar-refractivity contribution < 1.29 is 8.42 Å². The van der Waals surface area contributed by atoms with Crippen molar-refractivity contribution in [1.82, 2.24) is 4.31 Å². The van der Waals surface area contributed by atoms with Crippen LogP contribution in [0.2, 0.25) is 0 Å². The minimum absolute atomic E-state index is 0.284. The van der Waals surface area contributed by atoms with E-state index < -0.39 is 10.0 Å². The molecular weight excluding hydrogens is 284 g/mol. The van der Waals surface area contributed by atoms with Crippen molar-refractivity contribution in [3.8, 4) is 0 Å². The Balaban J connectivity index is 2.13.